The third-order valence-electron chi connectivity index (χ3n) is 5.96. The molecule has 3 heterocycles. The first-order valence-corrected chi connectivity index (χ1v) is 9.69. The summed E-state index contributed by atoms with van der Waals surface area (Å²) in [4.78, 5) is 15.0. The molecule has 3 saturated heterocycles. The van der Waals surface area contributed by atoms with Gasteiger partial charge in [0.2, 0.25) is 0 Å². The van der Waals surface area contributed by atoms with E-state index in [1.165, 1.54) is 11.1 Å². The van der Waals surface area contributed by atoms with E-state index in [2.05, 4.69) is 52.1 Å². The Labute approximate surface area is 152 Å². The van der Waals surface area contributed by atoms with E-state index in [1.807, 2.05) is 6.07 Å². The van der Waals surface area contributed by atoms with Crippen LogP contribution in [0.1, 0.15) is 43.9 Å². The van der Waals surface area contributed by atoms with Crippen molar-refractivity contribution in [1.29, 1.82) is 0 Å². The molecule has 0 radical (unpaired) electrons. The van der Waals surface area contributed by atoms with E-state index in [0.29, 0.717) is 5.92 Å². The van der Waals surface area contributed by atoms with Gasteiger partial charge in [0.05, 0.1) is 6.04 Å². The second-order valence-corrected chi connectivity index (χ2v) is 9.08. The van der Waals surface area contributed by atoms with Crippen LogP contribution < -0.4 is 5.32 Å². The maximum absolute atomic E-state index is 12.5. The van der Waals surface area contributed by atoms with Crippen LogP contribution >= 0.6 is 15.9 Å². The number of benzene rings is 1. The van der Waals surface area contributed by atoms with E-state index >= 15 is 0 Å². The van der Waals surface area contributed by atoms with Crippen LogP contribution in [-0.4, -0.2) is 36.7 Å². The minimum Gasteiger partial charge on any atom is -0.445 e. The van der Waals surface area contributed by atoms with Gasteiger partial charge in [-0.1, -0.05) is 35.8 Å². The van der Waals surface area contributed by atoms with Crippen molar-refractivity contribution in [2.45, 2.75) is 45.3 Å². The maximum Gasteiger partial charge on any atom is 0.407 e. The van der Waals surface area contributed by atoms with Gasteiger partial charge in [-0.25, -0.2) is 4.79 Å². The van der Waals surface area contributed by atoms with Crippen molar-refractivity contribution < 1.29 is 9.53 Å². The van der Waals surface area contributed by atoms with Crippen LogP contribution in [0, 0.1) is 11.3 Å². The summed E-state index contributed by atoms with van der Waals surface area (Å²) < 4.78 is 6.91. The number of amides is 1. The van der Waals surface area contributed by atoms with E-state index in [9.17, 15) is 4.79 Å². The second kappa shape index (κ2) is 6.03. The molecule has 130 valence electrons. The number of carbonyl (C=O) groups excluding carboxylic acids is 1. The van der Waals surface area contributed by atoms with Gasteiger partial charge in [0.1, 0.15) is 6.10 Å². The van der Waals surface area contributed by atoms with E-state index in [1.54, 1.807) is 0 Å². The van der Waals surface area contributed by atoms with Crippen LogP contribution in [0.5, 0.6) is 0 Å². The lowest BCUT2D eigenvalue weighted by Gasteiger charge is -2.44. The summed E-state index contributed by atoms with van der Waals surface area (Å²) in [6, 6.07) is 6.34. The monoisotopic (exact) mass is 392 g/mol. The highest BCUT2D eigenvalue weighted by Gasteiger charge is 2.41. The van der Waals surface area contributed by atoms with Gasteiger partial charge < -0.3 is 10.1 Å². The molecular formula is C19H25BrN2O2. The van der Waals surface area contributed by atoms with Crippen LogP contribution in [0.3, 0.4) is 0 Å². The van der Waals surface area contributed by atoms with Crippen molar-refractivity contribution in [3.05, 3.63) is 33.8 Å². The largest absolute Gasteiger partial charge is 0.445 e. The van der Waals surface area contributed by atoms with Crippen molar-refractivity contribution in [1.82, 2.24) is 10.2 Å². The fourth-order valence-electron chi connectivity index (χ4n) is 4.63. The van der Waals surface area contributed by atoms with Crippen LogP contribution in [0.25, 0.3) is 0 Å². The number of hydrogen-bond donors (Lipinski definition) is 1. The van der Waals surface area contributed by atoms with Gasteiger partial charge in [-0.2, -0.15) is 0 Å². The van der Waals surface area contributed by atoms with Crippen molar-refractivity contribution in [2.75, 3.05) is 19.6 Å². The fourth-order valence-corrected chi connectivity index (χ4v) is 5.04. The highest BCUT2D eigenvalue weighted by atomic mass is 79.9. The summed E-state index contributed by atoms with van der Waals surface area (Å²) in [5, 5.41) is 3.16. The molecule has 0 aromatic heterocycles. The molecule has 3 fully saturated rings. The first kappa shape index (κ1) is 16.4. The number of fused-ring (bicyclic) bond motifs is 4. The summed E-state index contributed by atoms with van der Waals surface area (Å²) in [6.07, 6.45) is 3.07. The Morgan fingerprint density at radius 3 is 2.75 bits per heavy atom. The molecule has 4 nitrogen and oxygen atoms in total. The molecule has 1 N–H and O–H groups in total. The Balaban J connectivity index is 1.45. The molecule has 24 heavy (non-hydrogen) atoms. The first-order chi connectivity index (χ1) is 11.4. The van der Waals surface area contributed by atoms with Crippen molar-refractivity contribution in [2.24, 2.45) is 11.3 Å². The Bertz CT molecular complexity index is 653. The van der Waals surface area contributed by atoms with Gasteiger partial charge in [0, 0.05) is 11.0 Å². The minimum absolute atomic E-state index is 0.00276. The summed E-state index contributed by atoms with van der Waals surface area (Å²) in [6.45, 7) is 7.63. The predicted octanol–water partition coefficient (Wildman–Crippen LogP) is 3.89. The molecule has 0 saturated carbocycles. The molecule has 2 atom stereocenters. The molecule has 1 aromatic rings. The number of nitrogens with zero attached hydrogens (tertiary/aromatic N) is 1. The summed E-state index contributed by atoms with van der Waals surface area (Å²) >= 11 is 3.54. The molecule has 3 aliphatic heterocycles. The third kappa shape index (κ3) is 2.97. The fraction of sp³-hybridized carbons (Fsp3) is 0.632. The minimum atomic E-state index is -0.261. The number of carbonyl (C=O) groups is 1. The lowest BCUT2D eigenvalue weighted by molar-refractivity contribution is -0.0348. The van der Waals surface area contributed by atoms with Gasteiger partial charge >= 0.3 is 6.09 Å². The number of hydrogen-bond acceptors (Lipinski definition) is 3. The normalized spacial score (nSPS) is 33.1. The average Bonchev–Trinajstić information content (AvgIpc) is 2.78. The van der Waals surface area contributed by atoms with E-state index in [0.717, 1.165) is 43.4 Å². The van der Waals surface area contributed by atoms with Crippen LogP contribution in [0.2, 0.25) is 0 Å². The quantitative estimate of drug-likeness (QED) is 0.829. The van der Waals surface area contributed by atoms with Gasteiger partial charge in [0.15, 0.2) is 0 Å². The Hall–Kier alpha value is -1.07. The highest BCUT2D eigenvalue weighted by molar-refractivity contribution is 9.10. The molecule has 5 heteroatoms. The van der Waals surface area contributed by atoms with Crippen LogP contribution in [0.15, 0.2) is 22.7 Å². The Kier molecular flexibility index (Phi) is 4.12. The zero-order valence-corrected chi connectivity index (χ0v) is 15.9. The number of piperidine rings is 3. The van der Waals surface area contributed by atoms with Crippen LogP contribution in [-0.2, 0) is 11.2 Å². The molecule has 4 aliphatic rings. The lowest BCUT2D eigenvalue weighted by Crippen LogP contribution is -2.53. The molecule has 1 unspecified atom stereocenters. The lowest BCUT2D eigenvalue weighted by atomic mass is 9.85. The highest BCUT2D eigenvalue weighted by Crippen LogP contribution is 2.46. The standard InChI is InChI=1S/C19H25BrN2O2/c1-19(2)10-13-9-14(20)3-4-15(13)17(19)21-18(23)24-16-11-22-7-5-12(16)6-8-22/h3-4,9,12,16-17H,5-8,10-11H2,1-2H3,(H,21,23)/t16-,17?/m0/s1. The number of alkyl carbamates (subject to hydrolysis) is 1. The molecule has 1 aliphatic carbocycles. The topological polar surface area (TPSA) is 41.6 Å². The van der Waals surface area contributed by atoms with Gasteiger partial charge in [0.25, 0.3) is 0 Å². The zero-order chi connectivity index (χ0) is 16.9. The molecule has 1 amide bonds. The number of halogens is 1. The number of nitrogens with one attached hydrogen (secondary N) is 1. The van der Waals surface area contributed by atoms with E-state index in [-0.39, 0.29) is 23.7 Å². The average molecular weight is 393 g/mol. The van der Waals surface area contributed by atoms with Gasteiger partial charge in [-0.3, -0.25) is 4.90 Å². The van der Waals surface area contributed by atoms with E-state index < -0.39 is 0 Å². The molecule has 2 bridgehead atoms. The van der Waals surface area contributed by atoms with Crippen molar-refractivity contribution in [3.8, 4) is 0 Å². The summed E-state index contributed by atoms with van der Waals surface area (Å²) in [5.74, 6) is 0.542. The van der Waals surface area contributed by atoms with Gasteiger partial charge in [-0.15, -0.1) is 0 Å². The molecular weight excluding hydrogens is 368 g/mol. The smallest absolute Gasteiger partial charge is 0.407 e. The SMILES string of the molecule is CC1(C)Cc2cc(Br)ccc2C1NC(=O)O[C@H]1CN2CCC1CC2. The van der Waals surface area contributed by atoms with Crippen LogP contribution in [0.4, 0.5) is 4.79 Å². The van der Waals surface area contributed by atoms with Crippen molar-refractivity contribution in [3.63, 3.8) is 0 Å². The number of ether oxygens (including phenoxy) is 1. The Morgan fingerprint density at radius 1 is 1.33 bits per heavy atom. The molecule has 0 spiro atoms. The molecule has 5 rings (SSSR count). The Morgan fingerprint density at radius 2 is 2.08 bits per heavy atom. The van der Waals surface area contributed by atoms with E-state index in [4.69, 9.17) is 4.74 Å². The maximum atomic E-state index is 12.5. The third-order valence-corrected chi connectivity index (χ3v) is 6.45. The summed E-state index contributed by atoms with van der Waals surface area (Å²) in [7, 11) is 0. The number of rotatable bonds is 2. The van der Waals surface area contributed by atoms with Crippen molar-refractivity contribution >= 4 is 22.0 Å². The second-order valence-electron chi connectivity index (χ2n) is 8.17. The molecule has 1 aromatic carbocycles. The van der Waals surface area contributed by atoms with Gasteiger partial charge in [-0.05, 0) is 66.9 Å². The predicted molar refractivity (Wildman–Crippen MR) is 96.9 cm³/mol. The summed E-state index contributed by atoms with van der Waals surface area (Å²) in [5.41, 5.74) is 2.52. The first-order valence-electron chi connectivity index (χ1n) is 8.90. The zero-order valence-electron chi connectivity index (χ0n) is 14.3.